The highest BCUT2D eigenvalue weighted by molar-refractivity contribution is 9.10. The minimum Gasteiger partial charge on any atom is -0.324 e. The number of carbonyl (C=O) groups excluding carboxylic acids is 1. The van der Waals surface area contributed by atoms with Crippen molar-refractivity contribution in [3.8, 4) is 0 Å². The van der Waals surface area contributed by atoms with Crippen molar-refractivity contribution in [2.75, 3.05) is 5.32 Å². The normalized spacial score (nSPS) is 13.5. The number of nitrogens with two attached hydrogens (primary N) is 1. The molecular formula is C16H16BrClN2O. The summed E-state index contributed by atoms with van der Waals surface area (Å²) in [5.74, 6) is -0.525. The van der Waals surface area contributed by atoms with Crippen molar-refractivity contribution in [3.05, 3.63) is 63.6 Å². The van der Waals surface area contributed by atoms with E-state index in [-0.39, 0.29) is 17.9 Å². The largest absolute Gasteiger partial charge is 0.324 e. The fourth-order valence-corrected chi connectivity index (χ4v) is 2.69. The van der Waals surface area contributed by atoms with Crippen molar-refractivity contribution in [2.45, 2.75) is 13.0 Å². The molecule has 110 valence electrons. The predicted octanol–water partition coefficient (Wildman–Crippen LogP) is 4.38. The van der Waals surface area contributed by atoms with Gasteiger partial charge in [0.1, 0.15) is 0 Å². The summed E-state index contributed by atoms with van der Waals surface area (Å²) < 4.78 is 0.861. The maximum Gasteiger partial charge on any atom is 0.229 e. The summed E-state index contributed by atoms with van der Waals surface area (Å²) in [6.07, 6.45) is 0. The zero-order valence-electron chi connectivity index (χ0n) is 11.5. The maximum atomic E-state index is 12.3. The minimum atomic E-state index is -0.368. The molecule has 0 saturated carbocycles. The Labute approximate surface area is 137 Å². The molecule has 2 rings (SSSR count). The second-order valence-electron chi connectivity index (χ2n) is 4.84. The first-order valence-electron chi connectivity index (χ1n) is 6.55. The molecule has 0 aliphatic carbocycles. The van der Waals surface area contributed by atoms with E-state index in [1.165, 1.54) is 0 Å². The van der Waals surface area contributed by atoms with E-state index in [0.717, 1.165) is 10.0 Å². The summed E-state index contributed by atoms with van der Waals surface area (Å²) in [7, 11) is 0. The highest BCUT2D eigenvalue weighted by Gasteiger charge is 2.22. The molecule has 1 amide bonds. The van der Waals surface area contributed by atoms with Gasteiger partial charge in [-0.1, -0.05) is 64.8 Å². The van der Waals surface area contributed by atoms with Gasteiger partial charge in [-0.15, -0.1) is 0 Å². The van der Waals surface area contributed by atoms with Crippen LogP contribution in [0.1, 0.15) is 18.5 Å². The summed E-state index contributed by atoms with van der Waals surface area (Å²) in [6, 6.07) is 14.5. The molecule has 3 N–H and O–H groups in total. The molecule has 2 aromatic carbocycles. The van der Waals surface area contributed by atoms with Gasteiger partial charge in [0, 0.05) is 10.5 Å². The average Bonchev–Trinajstić information content (AvgIpc) is 2.49. The number of nitrogens with one attached hydrogen (secondary N) is 1. The Hall–Kier alpha value is -1.36. The van der Waals surface area contributed by atoms with Crippen LogP contribution < -0.4 is 11.1 Å². The summed E-state index contributed by atoms with van der Waals surface area (Å²) in [5.41, 5.74) is 7.67. The van der Waals surface area contributed by atoms with E-state index in [4.69, 9.17) is 17.3 Å². The zero-order valence-corrected chi connectivity index (χ0v) is 13.9. The monoisotopic (exact) mass is 366 g/mol. The molecule has 0 radical (unpaired) electrons. The van der Waals surface area contributed by atoms with Crippen LogP contribution in [0.25, 0.3) is 0 Å². The van der Waals surface area contributed by atoms with Gasteiger partial charge in [0.15, 0.2) is 0 Å². The molecule has 2 aromatic rings. The van der Waals surface area contributed by atoms with Crippen molar-refractivity contribution in [2.24, 2.45) is 11.7 Å². The second kappa shape index (κ2) is 7.07. The van der Waals surface area contributed by atoms with E-state index < -0.39 is 0 Å². The van der Waals surface area contributed by atoms with Gasteiger partial charge in [-0.25, -0.2) is 0 Å². The third-order valence-corrected chi connectivity index (χ3v) is 4.13. The number of halogens is 2. The van der Waals surface area contributed by atoms with Gasteiger partial charge >= 0.3 is 0 Å². The number of amides is 1. The fraction of sp³-hybridized carbons (Fsp3) is 0.188. The maximum absolute atomic E-state index is 12.3. The van der Waals surface area contributed by atoms with Gasteiger partial charge < -0.3 is 11.1 Å². The Kier molecular flexibility index (Phi) is 5.39. The van der Waals surface area contributed by atoms with Crippen LogP contribution in [0, 0.1) is 5.92 Å². The van der Waals surface area contributed by atoms with E-state index >= 15 is 0 Å². The van der Waals surface area contributed by atoms with Gasteiger partial charge in [0.25, 0.3) is 0 Å². The van der Waals surface area contributed by atoms with Gasteiger partial charge in [-0.05, 0) is 23.8 Å². The van der Waals surface area contributed by atoms with Crippen LogP contribution in [-0.4, -0.2) is 5.91 Å². The summed E-state index contributed by atoms with van der Waals surface area (Å²) in [6.45, 7) is 1.81. The lowest BCUT2D eigenvalue weighted by Gasteiger charge is -2.20. The highest BCUT2D eigenvalue weighted by atomic mass is 79.9. The molecule has 0 spiro atoms. The molecule has 0 saturated heterocycles. The van der Waals surface area contributed by atoms with Crippen molar-refractivity contribution in [1.82, 2.24) is 0 Å². The number of rotatable bonds is 4. The van der Waals surface area contributed by atoms with Crippen LogP contribution in [0.15, 0.2) is 53.0 Å². The molecular weight excluding hydrogens is 352 g/mol. The number of anilines is 1. The molecule has 0 heterocycles. The van der Waals surface area contributed by atoms with Crippen LogP contribution in [0.2, 0.25) is 5.02 Å². The summed E-state index contributed by atoms with van der Waals surface area (Å²) >= 11 is 9.43. The van der Waals surface area contributed by atoms with Crippen molar-refractivity contribution in [1.29, 1.82) is 0 Å². The first-order chi connectivity index (χ1) is 9.99. The molecule has 3 nitrogen and oxygen atoms in total. The van der Waals surface area contributed by atoms with Gasteiger partial charge in [0.05, 0.1) is 16.6 Å². The van der Waals surface area contributed by atoms with Gasteiger partial charge in [-0.3, -0.25) is 4.79 Å². The Balaban J connectivity index is 2.09. The minimum absolute atomic E-state index is 0.157. The summed E-state index contributed by atoms with van der Waals surface area (Å²) in [5, 5.41) is 3.30. The van der Waals surface area contributed by atoms with E-state index in [0.29, 0.717) is 10.7 Å². The molecule has 0 fully saturated rings. The molecule has 5 heteroatoms. The van der Waals surface area contributed by atoms with E-state index in [2.05, 4.69) is 21.2 Å². The average molecular weight is 368 g/mol. The predicted molar refractivity (Wildman–Crippen MR) is 90.3 cm³/mol. The van der Waals surface area contributed by atoms with Crippen LogP contribution in [-0.2, 0) is 4.79 Å². The van der Waals surface area contributed by atoms with Crippen molar-refractivity contribution in [3.63, 3.8) is 0 Å². The molecule has 0 aliphatic rings. The fourth-order valence-electron chi connectivity index (χ4n) is 1.96. The van der Waals surface area contributed by atoms with Gasteiger partial charge in [-0.2, -0.15) is 0 Å². The van der Waals surface area contributed by atoms with Crippen molar-refractivity contribution >= 4 is 39.1 Å². The molecule has 0 bridgehead atoms. The number of hydrogen-bond donors (Lipinski definition) is 2. The number of benzene rings is 2. The Morgan fingerprint density at radius 3 is 2.52 bits per heavy atom. The van der Waals surface area contributed by atoms with Crippen LogP contribution in [0.3, 0.4) is 0 Å². The molecule has 0 aromatic heterocycles. The van der Waals surface area contributed by atoms with Crippen LogP contribution in [0.4, 0.5) is 5.69 Å². The topological polar surface area (TPSA) is 55.1 Å². The molecule has 21 heavy (non-hydrogen) atoms. The van der Waals surface area contributed by atoms with Crippen LogP contribution in [0.5, 0.6) is 0 Å². The molecule has 0 aliphatic heterocycles. The summed E-state index contributed by atoms with van der Waals surface area (Å²) in [4.78, 5) is 12.3. The van der Waals surface area contributed by atoms with E-state index in [9.17, 15) is 4.79 Å². The number of carbonyl (C=O) groups is 1. The van der Waals surface area contributed by atoms with Crippen molar-refractivity contribution < 1.29 is 4.79 Å². The molecule has 2 unspecified atom stereocenters. The Bertz CT molecular complexity index is 633. The Morgan fingerprint density at radius 1 is 1.24 bits per heavy atom. The standard InChI is InChI=1S/C16H16BrClN2O/c1-10(15(19)11-5-3-2-4-6-11)16(21)20-14-8-7-12(17)9-13(14)18/h2-10,15H,19H2,1H3,(H,20,21). The van der Waals surface area contributed by atoms with Crippen LogP contribution >= 0.6 is 27.5 Å². The zero-order chi connectivity index (χ0) is 15.4. The quantitative estimate of drug-likeness (QED) is 0.842. The highest BCUT2D eigenvalue weighted by Crippen LogP contribution is 2.27. The van der Waals surface area contributed by atoms with E-state index in [1.54, 1.807) is 19.1 Å². The smallest absolute Gasteiger partial charge is 0.229 e. The molecule has 2 atom stereocenters. The lowest BCUT2D eigenvalue weighted by molar-refractivity contribution is -0.120. The number of hydrogen-bond acceptors (Lipinski definition) is 2. The first kappa shape index (κ1) is 16.0. The van der Waals surface area contributed by atoms with E-state index in [1.807, 2.05) is 36.4 Å². The Morgan fingerprint density at radius 2 is 1.90 bits per heavy atom. The van der Waals surface area contributed by atoms with Gasteiger partial charge in [0.2, 0.25) is 5.91 Å². The third-order valence-electron chi connectivity index (χ3n) is 3.33. The third kappa shape index (κ3) is 4.06. The second-order valence-corrected chi connectivity index (χ2v) is 6.16. The lowest BCUT2D eigenvalue weighted by Crippen LogP contribution is -2.30. The lowest BCUT2D eigenvalue weighted by atomic mass is 9.94. The first-order valence-corrected chi connectivity index (χ1v) is 7.72. The SMILES string of the molecule is CC(C(=O)Nc1ccc(Br)cc1Cl)C(N)c1ccccc1.